The Bertz CT molecular complexity index is 1970. The lowest BCUT2D eigenvalue weighted by Crippen LogP contribution is -2.15. The van der Waals surface area contributed by atoms with Crippen molar-refractivity contribution in [3.63, 3.8) is 0 Å². The van der Waals surface area contributed by atoms with Crippen molar-refractivity contribution in [1.82, 2.24) is 14.5 Å². The molecule has 2 aromatic carbocycles. The van der Waals surface area contributed by atoms with E-state index < -0.39 is 37.9 Å². The first kappa shape index (κ1) is 24.5. The van der Waals surface area contributed by atoms with Crippen LogP contribution in [0.4, 0.5) is 17.1 Å². The van der Waals surface area contributed by atoms with Gasteiger partial charge in [-0.25, -0.2) is 0 Å². The van der Waals surface area contributed by atoms with E-state index in [1.54, 1.807) is 30.5 Å². The minimum absolute atomic E-state index is 0.149. The zero-order chi connectivity index (χ0) is 26.9. The number of H-pyrrole nitrogens is 1. The van der Waals surface area contributed by atoms with Crippen LogP contribution in [0.25, 0.3) is 44.0 Å². The zero-order valence-electron chi connectivity index (χ0n) is 19.2. The van der Waals surface area contributed by atoms with Gasteiger partial charge in [0.05, 0.1) is 28.1 Å². The number of nitrogens with zero attached hydrogens (tertiary/aromatic N) is 3. The average molecular weight is 528 g/mol. The van der Waals surface area contributed by atoms with Gasteiger partial charge in [0.25, 0.3) is 0 Å². The van der Waals surface area contributed by atoms with Crippen LogP contribution in [-0.4, -0.2) is 23.0 Å². The highest BCUT2D eigenvalue weighted by atomic mass is 32.3. The molecule has 3 heterocycles. The highest BCUT2D eigenvalue weighted by Crippen LogP contribution is 2.41. The summed E-state index contributed by atoms with van der Waals surface area (Å²) < 4.78 is 80.7. The highest BCUT2D eigenvalue weighted by Gasteiger charge is 2.35. The molecule has 3 aromatic heterocycles. The summed E-state index contributed by atoms with van der Waals surface area (Å²) in [4.78, 5) is 19.4. The van der Waals surface area contributed by atoms with Crippen LogP contribution in [0.2, 0.25) is 0 Å². The van der Waals surface area contributed by atoms with Crippen molar-refractivity contribution in [1.29, 1.82) is 5.26 Å². The first-order chi connectivity index (χ1) is 17.3. The van der Waals surface area contributed by atoms with Crippen LogP contribution in [0.5, 0.6) is 0 Å². The van der Waals surface area contributed by atoms with E-state index in [-0.39, 0.29) is 27.9 Å². The van der Waals surface area contributed by atoms with Crippen molar-refractivity contribution in [2.24, 2.45) is 0 Å². The van der Waals surface area contributed by atoms with E-state index in [4.69, 9.17) is 0 Å². The predicted molar refractivity (Wildman–Crippen MR) is 129 cm³/mol. The molecule has 0 aliphatic heterocycles. The topological polar surface area (TPSA) is 109 Å². The fourth-order valence-electron chi connectivity index (χ4n) is 4.60. The number of fused-ring (bicyclic) bond motifs is 4. The normalized spacial score (nSPS) is 12.6. The van der Waals surface area contributed by atoms with Gasteiger partial charge in [0.1, 0.15) is 10.5 Å². The van der Waals surface area contributed by atoms with Gasteiger partial charge in [-0.2, -0.15) is 26.9 Å². The van der Waals surface area contributed by atoms with Gasteiger partial charge in [-0.1, -0.05) is 6.07 Å². The molecule has 5 aromatic rings. The Balaban J connectivity index is 1.98. The van der Waals surface area contributed by atoms with Gasteiger partial charge in [0.2, 0.25) is 0 Å². The molecular weight excluding hydrogens is 512 g/mol. The van der Waals surface area contributed by atoms with Crippen molar-refractivity contribution in [3.8, 4) is 17.2 Å². The molecule has 1 N–H and O–H groups in total. The summed E-state index contributed by atoms with van der Waals surface area (Å²) in [5, 5.41) is 9.66. The number of aromatic amines is 1. The molecule has 37 heavy (non-hydrogen) atoms. The average Bonchev–Trinajstić information content (AvgIpc) is 3.20. The summed E-state index contributed by atoms with van der Waals surface area (Å²) in [6, 6.07) is 8.93. The Hall–Kier alpha value is -4.24. The number of halogens is 4. The van der Waals surface area contributed by atoms with Gasteiger partial charge in [-0.3, -0.25) is 9.78 Å². The van der Waals surface area contributed by atoms with Gasteiger partial charge in [-0.05, 0) is 49.7 Å². The molecule has 0 amide bonds. The molecular formula is C25H16F4N4O3S. The van der Waals surface area contributed by atoms with E-state index in [9.17, 15) is 35.5 Å². The van der Waals surface area contributed by atoms with Crippen LogP contribution in [0.3, 0.4) is 0 Å². The maximum absolute atomic E-state index is 14.2. The Morgan fingerprint density at radius 3 is 2.43 bits per heavy atom. The van der Waals surface area contributed by atoms with E-state index in [0.29, 0.717) is 28.3 Å². The van der Waals surface area contributed by atoms with Crippen LogP contribution in [-0.2, 0) is 16.4 Å². The first-order valence-corrected chi connectivity index (χ1v) is 12.2. The highest BCUT2D eigenvalue weighted by molar-refractivity contribution is 7.86. The molecule has 188 valence electrons. The molecule has 0 fully saturated rings. The minimum atomic E-state index is -5.23. The number of pyridine rings is 2. The van der Waals surface area contributed by atoms with E-state index in [1.165, 1.54) is 6.07 Å². The molecule has 0 radical (unpaired) electrons. The second-order valence-corrected chi connectivity index (χ2v) is 10.1. The largest absolute Gasteiger partial charge is 0.417 e. The summed E-state index contributed by atoms with van der Waals surface area (Å²) in [5.41, 5.74) is -1.29. The Labute approximate surface area is 206 Å². The standard InChI is InChI=1S/C25H16F4N4O3S/c1-12(2)33-21-8-17(14-6-15(11-31-10-14)37(29,35)36)19(25(26,27)28)7-18(21)23(34)22-16-4-3-13(9-30)5-20(16)32-24(22)33/h3-8,10-12,32H,1-2H3. The lowest BCUT2D eigenvalue weighted by Gasteiger charge is -2.20. The van der Waals surface area contributed by atoms with Crippen LogP contribution in [0, 0.1) is 11.3 Å². The van der Waals surface area contributed by atoms with Gasteiger partial charge >= 0.3 is 16.4 Å². The number of alkyl halides is 3. The third-order valence-electron chi connectivity index (χ3n) is 6.14. The Morgan fingerprint density at radius 2 is 1.81 bits per heavy atom. The van der Waals surface area contributed by atoms with Crippen molar-refractivity contribution >= 4 is 43.1 Å². The molecule has 0 aliphatic rings. The van der Waals surface area contributed by atoms with Crippen molar-refractivity contribution in [2.75, 3.05) is 0 Å². The maximum atomic E-state index is 14.2. The van der Waals surface area contributed by atoms with Crippen molar-refractivity contribution in [3.05, 3.63) is 70.1 Å². The van der Waals surface area contributed by atoms with Crippen LogP contribution >= 0.6 is 0 Å². The molecule has 12 heteroatoms. The monoisotopic (exact) mass is 528 g/mol. The lowest BCUT2D eigenvalue weighted by atomic mass is 9.96. The smallest absolute Gasteiger partial charge is 0.340 e. The molecule has 7 nitrogen and oxygen atoms in total. The van der Waals surface area contributed by atoms with E-state index in [2.05, 4.69) is 9.97 Å². The van der Waals surface area contributed by atoms with Gasteiger partial charge < -0.3 is 9.55 Å². The molecule has 0 saturated carbocycles. The third kappa shape index (κ3) is 3.92. The first-order valence-electron chi connectivity index (χ1n) is 10.9. The number of nitrogens with one attached hydrogen (secondary N) is 1. The summed E-state index contributed by atoms with van der Waals surface area (Å²) in [5.74, 6) is 0. The number of hydrogen-bond acceptors (Lipinski definition) is 5. The second-order valence-electron chi connectivity index (χ2n) is 8.77. The number of rotatable bonds is 3. The fourth-order valence-corrected chi connectivity index (χ4v) is 5.05. The molecule has 0 unspecified atom stereocenters. The number of nitriles is 1. The van der Waals surface area contributed by atoms with E-state index in [0.717, 1.165) is 24.4 Å². The predicted octanol–water partition coefficient (Wildman–Crippen LogP) is 5.83. The Morgan fingerprint density at radius 1 is 1.08 bits per heavy atom. The third-order valence-corrected chi connectivity index (χ3v) is 6.93. The molecule has 0 spiro atoms. The number of hydrogen-bond donors (Lipinski definition) is 1. The lowest BCUT2D eigenvalue weighted by molar-refractivity contribution is -0.137. The van der Waals surface area contributed by atoms with Crippen LogP contribution in [0.15, 0.2) is 58.5 Å². The van der Waals surface area contributed by atoms with Crippen LogP contribution in [0.1, 0.15) is 31.0 Å². The van der Waals surface area contributed by atoms with Crippen molar-refractivity contribution in [2.45, 2.75) is 31.0 Å². The summed E-state index contributed by atoms with van der Waals surface area (Å²) in [6.07, 6.45) is -3.24. The molecule has 0 saturated heterocycles. The van der Waals surface area contributed by atoms with Gasteiger partial charge in [-0.15, -0.1) is 3.89 Å². The zero-order valence-corrected chi connectivity index (χ0v) is 20.0. The molecule has 0 aliphatic carbocycles. The molecule has 5 rings (SSSR count). The number of benzene rings is 2. The van der Waals surface area contributed by atoms with E-state index in [1.807, 2.05) is 6.07 Å². The summed E-state index contributed by atoms with van der Waals surface area (Å²) in [7, 11) is -5.23. The maximum Gasteiger partial charge on any atom is 0.417 e. The van der Waals surface area contributed by atoms with Crippen molar-refractivity contribution < 1.29 is 25.5 Å². The van der Waals surface area contributed by atoms with E-state index >= 15 is 0 Å². The molecule has 0 atom stereocenters. The fraction of sp³-hybridized carbons (Fsp3) is 0.160. The SMILES string of the molecule is CC(C)n1c2cc(-c3cncc(S(=O)(=O)F)c3)c(C(F)(F)F)cc2c(=O)c2c3ccc(C#N)cc3[nH]c21. The van der Waals surface area contributed by atoms with Gasteiger partial charge in [0, 0.05) is 40.3 Å². The number of aromatic nitrogens is 3. The Kier molecular flexibility index (Phi) is 5.38. The quantitative estimate of drug-likeness (QED) is 0.234. The second kappa shape index (κ2) is 8.14. The summed E-state index contributed by atoms with van der Waals surface area (Å²) >= 11 is 0. The minimum Gasteiger partial charge on any atom is -0.340 e. The van der Waals surface area contributed by atoms with Gasteiger partial charge in [0.15, 0.2) is 5.43 Å². The van der Waals surface area contributed by atoms with Crippen LogP contribution < -0.4 is 5.43 Å². The molecule has 0 bridgehead atoms. The summed E-state index contributed by atoms with van der Waals surface area (Å²) in [6.45, 7) is 3.57.